The molecule has 0 atom stereocenters. The van der Waals surface area contributed by atoms with Crippen molar-refractivity contribution in [2.24, 2.45) is 5.41 Å². The van der Waals surface area contributed by atoms with E-state index >= 15 is 0 Å². The van der Waals surface area contributed by atoms with Crippen molar-refractivity contribution < 1.29 is 14.4 Å². The van der Waals surface area contributed by atoms with Crippen LogP contribution in [0.2, 0.25) is 5.02 Å². The molecule has 1 aromatic rings. The van der Waals surface area contributed by atoms with Crippen molar-refractivity contribution in [3.63, 3.8) is 0 Å². The number of nitrogens with zero attached hydrogens (tertiary/aromatic N) is 1. The molecule has 0 aromatic heterocycles. The molecule has 1 spiro atoms. The third kappa shape index (κ3) is 3.18. The molecule has 2 aliphatic rings. The van der Waals surface area contributed by atoms with E-state index in [-0.39, 0.29) is 30.7 Å². The Labute approximate surface area is 146 Å². The summed E-state index contributed by atoms with van der Waals surface area (Å²) in [4.78, 5) is 38.4. The van der Waals surface area contributed by atoms with E-state index < -0.39 is 5.41 Å². The standard InChI is InChI=1S/C18H21ClN2O3/c1-12-5-6-13(19)9-14(12)20-15(22)11-21-16(23)10-18(17(21)24)7-3-2-4-8-18/h5-6,9H,2-4,7-8,10-11H2,1H3,(H,20,22). The third-order valence-electron chi connectivity index (χ3n) is 5.08. The number of aryl methyl sites for hydroxylation is 1. The maximum Gasteiger partial charge on any atom is 0.244 e. The second-order valence-corrected chi connectivity index (χ2v) is 7.25. The first kappa shape index (κ1) is 17.0. The SMILES string of the molecule is Cc1ccc(Cl)cc1NC(=O)CN1C(=O)CC2(CCCCC2)C1=O. The lowest BCUT2D eigenvalue weighted by atomic mass is 9.73. The summed E-state index contributed by atoms with van der Waals surface area (Å²) in [5.74, 6) is -0.792. The van der Waals surface area contributed by atoms with Gasteiger partial charge in [-0.2, -0.15) is 0 Å². The van der Waals surface area contributed by atoms with E-state index in [9.17, 15) is 14.4 Å². The Morgan fingerprint density at radius 1 is 1.25 bits per heavy atom. The molecule has 1 N–H and O–H groups in total. The summed E-state index contributed by atoms with van der Waals surface area (Å²) in [6.45, 7) is 1.63. The molecule has 1 heterocycles. The number of rotatable bonds is 3. The van der Waals surface area contributed by atoms with E-state index in [2.05, 4.69) is 5.32 Å². The van der Waals surface area contributed by atoms with Crippen LogP contribution in [0, 0.1) is 12.3 Å². The number of carbonyl (C=O) groups is 3. The summed E-state index contributed by atoms with van der Waals surface area (Å²) in [5, 5.41) is 3.26. The molecule has 1 saturated carbocycles. The average molecular weight is 349 g/mol. The van der Waals surface area contributed by atoms with Gasteiger partial charge in [-0.1, -0.05) is 36.9 Å². The highest BCUT2D eigenvalue weighted by atomic mass is 35.5. The minimum Gasteiger partial charge on any atom is -0.324 e. The van der Waals surface area contributed by atoms with Crippen molar-refractivity contribution in [2.45, 2.75) is 45.4 Å². The fourth-order valence-corrected chi connectivity index (χ4v) is 3.87. The monoisotopic (exact) mass is 348 g/mol. The molecule has 0 unspecified atom stereocenters. The summed E-state index contributed by atoms with van der Waals surface area (Å²) < 4.78 is 0. The molecule has 1 saturated heterocycles. The summed E-state index contributed by atoms with van der Waals surface area (Å²) in [6.07, 6.45) is 4.81. The Kier molecular flexibility index (Phi) is 4.63. The van der Waals surface area contributed by atoms with Crippen LogP contribution in [0.25, 0.3) is 0 Å². The zero-order valence-corrected chi connectivity index (χ0v) is 14.5. The summed E-state index contributed by atoms with van der Waals surface area (Å²) in [5.41, 5.74) is 0.913. The van der Waals surface area contributed by atoms with Crippen LogP contribution < -0.4 is 5.32 Å². The molecule has 1 aliphatic carbocycles. The number of carbonyl (C=O) groups excluding carboxylic acids is 3. The number of hydrogen-bond acceptors (Lipinski definition) is 3. The number of anilines is 1. The van der Waals surface area contributed by atoms with Crippen molar-refractivity contribution in [3.8, 4) is 0 Å². The normalized spacial score (nSPS) is 19.8. The van der Waals surface area contributed by atoms with Gasteiger partial charge in [0.25, 0.3) is 0 Å². The van der Waals surface area contributed by atoms with Gasteiger partial charge in [-0.15, -0.1) is 0 Å². The van der Waals surface area contributed by atoms with E-state index in [1.165, 1.54) is 0 Å². The van der Waals surface area contributed by atoms with Crippen LogP contribution >= 0.6 is 11.6 Å². The van der Waals surface area contributed by atoms with Crippen molar-refractivity contribution in [1.29, 1.82) is 0 Å². The van der Waals surface area contributed by atoms with Crippen molar-refractivity contribution in [2.75, 3.05) is 11.9 Å². The van der Waals surface area contributed by atoms with Crippen LogP contribution in [0.4, 0.5) is 5.69 Å². The molecule has 3 rings (SSSR count). The van der Waals surface area contributed by atoms with Gasteiger partial charge in [0.1, 0.15) is 6.54 Å². The molecular formula is C18H21ClN2O3. The highest BCUT2D eigenvalue weighted by molar-refractivity contribution is 6.31. The van der Waals surface area contributed by atoms with Gasteiger partial charge in [0, 0.05) is 17.1 Å². The summed E-state index contributed by atoms with van der Waals surface area (Å²) >= 11 is 5.94. The van der Waals surface area contributed by atoms with E-state index in [0.29, 0.717) is 10.7 Å². The van der Waals surface area contributed by atoms with Gasteiger partial charge in [0.15, 0.2) is 0 Å². The van der Waals surface area contributed by atoms with Crippen molar-refractivity contribution >= 4 is 35.0 Å². The van der Waals surface area contributed by atoms with Gasteiger partial charge in [0.05, 0.1) is 5.41 Å². The highest BCUT2D eigenvalue weighted by Gasteiger charge is 2.51. The first-order chi connectivity index (χ1) is 11.4. The molecule has 24 heavy (non-hydrogen) atoms. The largest absolute Gasteiger partial charge is 0.324 e. The molecule has 6 heteroatoms. The van der Waals surface area contributed by atoms with Gasteiger partial charge < -0.3 is 5.32 Å². The predicted octanol–water partition coefficient (Wildman–Crippen LogP) is 3.30. The molecular weight excluding hydrogens is 328 g/mol. The van der Waals surface area contributed by atoms with E-state index in [1.54, 1.807) is 18.2 Å². The second-order valence-electron chi connectivity index (χ2n) is 6.81. The van der Waals surface area contributed by atoms with Gasteiger partial charge in [-0.3, -0.25) is 19.3 Å². The molecule has 0 bridgehead atoms. The van der Waals surface area contributed by atoms with Gasteiger partial charge in [0.2, 0.25) is 17.7 Å². The Morgan fingerprint density at radius 2 is 1.96 bits per heavy atom. The zero-order valence-electron chi connectivity index (χ0n) is 13.7. The lowest BCUT2D eigenvalue weighted by Crippen LogP contribution is -2.41. The fraction of sp³-hybridized carbons (Fsp3) is 0.500. The number of benzene rings is 1. The first-order valence-electron chi connectivity index (χ1n) is 8.32. The number of imide groups is 1. The van der Waals surface area contributed by atoms with E-state index in [4.69, 9.17) is 11.6 Å². The lowest BCUT2D eigenvalue weighted by Gasteiger charge is -2.30. The van der Waals surface area contributed by atoms with Crippen LogP contribution in [-0.2, 0) is 14.4 Å². The Bertz CT molecular complexity index is 696. The molecule has 5 nitrogen and oxygen atoms in total. The van der Waals surface area contributed by atoms with Crippen LogP contribution in [0.15, 0.2) is 18.2 Å². The summed E-state index contributed by atoms with van der Waals surface area (Å²) in [7, 11) is 0. The smallest absolute Gasteiger partial charge is 0.244 e. The zero-order chi connectivity index (χ0) is 17.3. The molecule has 1 aliphatic heterocycles. The maximum absolute atomic E-state index is 12.7. The Hall–Kier alpha value is -1.88. The van der Waals surface area contributed by atoms with E-state index in [0.717, 1.165) is 42.6 Å². The van der Waals surface area contributed by atoms with Gasteiger partial charge in [-0.05, 0) is 37.5 Å². The van der Waals surface area contributed by atoms with Crippen LogP contribution in [0.1, 0.15) is 44.1 Å². The van der Waals surface area contributed by atoms with Crippen LogP contribution in [0.3, 0.4) is 0 Å². The lowest BCUT2D eigenvalue weighted by molar-refractivity contribution is -0.144. The average Bonchev–Trinajstić information content (AvgIpc) is 2.76. The molecule has 1 aromatic carbocycles. The summed E-state index contributed by atoms with van der Waals surface area (Å²) in [6, 6.07) is 5.21. The minimum absolute atomic E-state index is 0.176. The molecule has 2 fully saturated rings. The third-order valence-corrected chi connectivity index (χ3v) is 5.31. The molecule has 0 radical (unpaired) electrons. The second kappa shape index (κ2) is 6.55. The number of nitrogens with one attached hydrogen (secondary N) is 1. The fourth-order valence-electron chi connectivity index (χ4n) is 3.70. The van der Waals surface area contributed by atoms with Gasteiger partial charge >= 0.3 is 0 Å². The predicted molar refractivity (Wildman–Crippen MR) is 91.7 cm³/mol. The quantitative estimate of drug-likeness (QED) is 0.852. The van der Waals surface area contributed by atoms with Crippen LogP contribution in [-0.4, -0.2) is 29.2 Å². The van der Waals surface area contributed by atoms with Crippen molar-refractivity contribution in [1.82, 2.24) is 4.90 Å². The Morgan fingerprint density at radius 3 is 2.67 bits per heavy atom. The number of halogens is 1. The highest BCUT2D eigenvalue weighted by Crippen LogP contribution is 2.45. The maximum atomic E-state index is 12.7. The number of likely N-dealkylation sites (tertiary alicyclic amines) is 1. The Balaban J connectivity index is 1.69. The number of hydrogen-bond donors (Lipinski definition) is 1. The topological polar surface area (TPSA) is 66.5 Å². The number of amides is 3. The minimum atomic E-state index is -0.554. The van der Waals surface area contributed by atoms with Crippen LogP contribution in [0.5, 0.6) is 0 Å². The van der Waals surface area contributed by atoms with Crippen molar-refractivity contribution in [3.05, 3.63) is 28.8 Å². The molecule has 128 valence electrons. The first-order valence-corrected chi connectivity index (χ1v) is 8.70. The molecule has 3 amide bonds. The van der Waals surface area contributed by atoms with Gasteiger partial charge in [-0.25, -0.2) is 0 Å². The van der Waals surface area contributed by atoms with E-state index in [1.807, 2.05) is 6.92 Å².